The van der Waals surface area contributed by atoms with E-state index < -0.39 is 5.92 Å². The van der Waals surface area contributed by atoms with Gasteiger partial charge in [-0.15, -0.1) is 11.3 Å². The summed E-state index contributed by atoms with van der Waals surface area (Å²) in [5, 5.41) is 16.6. The number of allylic oxidation sites excluding steroid dienone is 1. The summed E-state index contributed by atoms with van der Waals surface area (Å²) in [6.07, 6.45) is 1.60. The highest BCUT2D eigenvalue weighted by atomic mass is 79.9. The SMILES string of the molecule is N#CC1=C(N)Oc2c(c(-c3ccco3)nn2-c2ccccc2)[C@@H]1c1cc(Br)cs1. The molecule has 0 fully saturated rings. The Hall–Kier alpha value is -3.28. The number of hydrogen-bond acceptors (Lipinski definition) is 6. The van der Waals surface area contributed by atoms with Crippen LogP contribution in [0, 0.1) is 11.3 Å². The molecule has 29 heavy (non-hydrogen) atoms. The van der Waals surface area contributed by atoms with Crippen LogP contribution in [0.25, 0.3) is 17.1 Å². The van der Waals surface area contributed by atoms with Crippen LogP contribution in [0.3, 0.4) is 0 Å². The van der Waals surface area contributed by atoms with Crippen molar-refractivity contribution in [1.82, 2.24) is 9.78 Å². The fraction of sp³-hybridized carbons (Fsp3) is 0.0476. The van der Waals surface area contributed by atoms with Crippen LogP contribution in [0.2, 0.25) is 0 Å². The molecule has 3 aromatic heterocycles. The number of rotatable bonds is 3. The summed E-state index contributed by atoms with van der Waals surface area (Å²) in [7, 11) is 0. The lowest BCUT2D eigenvalue weighted by atomic mass is 9.88. The van der Waals surface area contributed by atoms with Gasteiger partial charge in [-0.1, -0.05) is 18.2 Å². The molecule has 6 nitrogen and oxygen atoms in total. The van der Waals surface area contributed by atoms with Crippen molar-refractivity contribution in [2.45, 2.75) is 5.92 Å². The van der Waals surface area contributed by atoms with Gasteiger partial charge in [-0.3, -0.25) is 0 Å². The zero-order valence-corrected chi connectivity index (χ0v) is 17.3. The van der Waals surface area contributed by atoms with Gasteiger partial charge in [-0.2, -0.15) is 15.0 Å². The molecule has 4 aromatic rings. The second-order valence-corrected chi connectivity index (χ2v) is 8.24. The molecule has 0 bridgehead atoms. The summed E-state index contributed by atoms with van der Waals surface area (Å²) in [4.78, 5) is 0.960. The molecule has 8 heteroatoms. The van der Waals surface area contributed by atoms with Gasteiger partial charge in [0.2, 0.25) is 11.8 Å². The summed E-state index contributed by atoms with van der Waals surface area (Å²) in [6.45, 7) is 0. The van der Waals surface area contributed by atoms with Gasteiger partial charge in [0, 0.05) is 14.7 Å². The molecule has 1 aliphatic rings. The number of para-hydroxylation sites is 1. The maximum absolute atomic E-state index is 9.85. The molecule has 1 aromatic carbocycles. The van der Waals surface area contributed by atoms with Crippen LogP contribution in [-0.4, -0.2) is 9.78 Å². The lowest BCUT2D eigenvalue weighted by Gasteiger charge is -2.23. The Balaban J connectivity index is 1.83. The van der Waals surface area contributed by atoms with Gasteiger partial charge in [0.1, 0.15) is 17.3 Å². The second-order valence-electron chi connectivity index (χ2n) is 6.38. The zero-order valence-electron chi connectivity index (χ0n) is 14.9. The van der Waals surface area contributed by atoms with Crippen molar-refractivity contribution in [1.29, 1.82) is 5.26 Å². The van der Waals surface area contributed by atoms with Gasteiger partial charge in [0.15, 0.2) is 5.76 Å². The molecular formula is C21H13BrN4O2S. The lowest BCUT2D eigenvalue weighted by molar-refractivity contribution is 0.367. The number of furan rings is 1. The van der Waals surface area contributed by atoms with Crippen molar-refractivity contribution < 1.29 is 9.15 Å². The lowest BCUT2D eigenvalue weighted by Crippen LogP contribution is -2.21. The van der Waals surface area contributed by atoms with E-state index >= 15 is 0 Å². The first-order valence-electron chi connectivity index (χ1n) is 8.71. The van der Waals surface area contributed by atoms with E-state index in [-0.39, 0.29) is 5.88 Å². The van der Waals surface area contributed by atoms with Crippen molar-refractivity contribution in [2.24, 2.45) is 5.73 Å². The average molecular weight is 465 g/mol. The van der Waals surface area contributed by atoms with Crippen molar-refractivity contribution in [2.75, 3.05) is 0 Å². The quantitative estimate of drug-likeness (QED) is 0.451. The van der Waals surface area contributed by atoms with E-state index in [1.54, 1.807) is 28.3 Å². The normalized spacial score (nSPS) is 15.7. The number of benzene rings is 1. The maximum Gasteiger partial charge on any atom is 0.229 e. The molecule has 0 saturated carbocycles. The van der Waals surface area contributed by atoms with E-state index in [0.717, 1.165) is 20.6 Å². The summed E-state index contributed by atoms with van der Waals surface area (Å²) in [6, 6.07) is 17.5. The van der Waals surface area contributed by atoms with Crippen LogP contribution < -0.4 is 10.5 Å². The number of hydrogen-bond donors (Lipinski definition) is 1. The Kier molecular flexibility index (Phi) is 4.27. The van der Waals surface area contributed by atoms with Crippen LogP contribution >= 0.6 is 27.3 Å². The molecule has 4 heterocycles. The number of nitrogens with zero attached hydrogens (tertiary/aromatic N) is 3. The van der Waals surface area contributed by atoms with Crippen LogP contribution in [0.4, 0.5) is 0 Å². The van der Waals surface area contributed by atoms with E-state index in [9.17, 15) is 5.26 Å². The van der Waals surface area contributed by atoms with E-state index in [0.29, 0.717) is 22.9 Å². The topological polar surface area (TPSA) is 90.0 Å². The largest absolute Gasteiger partial charge is 0.463 e. The van der Waals surface area contributed by atoms with Crippen molar-refractivity contribution >= 4 is 27.3 Å². The number of nitriles is 1. The number of fused-ring (bicyclic) bond motifs is 1. The number of ether oxygens (including phenoxy) is 1. The number of thiophene rings is 1. The Morgan fingerprint density at radius 1 is 1.21 bits per heavy atom. The number of halogens is 1. The highest BCUT2D eigenvalue weighted by Gasteiger charge is 2.39. The minimum Gasteiger partial charge on any atom is -0.463 e. The minimum absolute atomic E-state index is 0.0811. The Morgan fingerprint density at radius 2 is 2.03 bits per heavy atom. The van der Waals surface area contributed by atoms with Gasteiger partial charge in [0.25, 0.3) is 0 Å². The molecule has 0 aliphatic carbocycles. The third-order valence-electron chi connectivity index (χ3n) is 4.68. The van der Waals surface area contributed by atoms with Crippen molar-refractivity contribution in [3.8, 4) is 29.1 Å². The second kappa shape index (κ2) is 6.95. The molecule has 142 valence electrons. The zero-order chi connectivity index (χ0) is 20.0. The molecule has 1 atom stereocenters. The molecule has 0 amide bonds. The summed E-state index contributed by atoms with van der Waals surface area (Å²) < 4.78 is 14.2. The Morgan fingerprint density at radius 3 is 2.69 bits per heavy atom. The van der Waals surface area contributed by atoms with E-state index in [1.165, 1.54) is 0 Å². The van der Waals surface area contributed by atoms with Crippen LogP contribution in [0.1, 0.15) is 16.4 Å². The average Bonchev–Trinajstić information content (AvgIpc) is 3.47. The van der Waals surface area contributed by atoms with Crippen LogP contribution in [0.15, 0.2) is 80.5 Å². The van der Waals surface area contributed by atoms with Gasteiger partial charge >= 0.3 is 0 Å². The molecule has 0 radical (unpaired) electrons. The number of aromatic nitrogens is 2. The molecule has 5 rings (SSSR count). The first-order chi connectivity index (χ1) is 14.2. The highest BCUT2D eigenvalue weighted by molar-refractivity contribution is 9.10. The standard InChI is InChI=1S/C21H13BrN4O2S/c22-12-9-16(29-11-12)17-14(10-23)20(24)28-21-18(17)19(15-7-4-8-27-15)25-26(21)13-5-2-1-3-6-13/h1-9,11,17H,24H2/t17-/m0/s1. The highest BCUT2D eigenvalue weighted by Crippen LogP contribution is 2.49. The van der Waals surface area contributed by atoms with Crippen molar-refractivity contribution in [3.05, 3.63) is 86.5 Å². The smallest absolute Gasteiger partial charge is 0.229 e. The van der Waals surface area contributed by atoms with E-state index in [2.05, 4.69) is 22.0 Å². The van der Waals surface area contributed by atoms with E-state index in [1.807, 2.05) is 47.8 Å². The van der Waals surface area contributed by atoms with Gasteiger partial charge in [-0.05, 0) is 46.3 Å². The fourth-order valence-electron chi connectivity index (χ4n) is 3.44. The number of nitrogens with two attached hydrogens (primary N) is 1. The third kappa shape index (κ3) is 2.87. The first-order valence-corrected chi connectivity index (χ1v) is 10.4. The van der Waals surface area contributed by atoms with Gasteiger partial charge in [0.05, 0.1) is 23.4 Å². The molecule has 1 aliphatic heterocycles. The van der Waals surface area contributed by atoms with Crippen molar-refractivity contribution in [3.63, 3.8) is 0 Å². The molecule has 0 spiro atoms. The summed E-state index contributed by atoms with van der Waals surface area (Å²) in [5.74, 6) is 0.752. The minimum atomic E-state index is -0.405. The molecule has 0 saturated heterocycles. The van der Waals surface area contributed by atoms with Gasteiger partial charge < -0.3 is 14.9 Å². The molecule has 2 N–H and O–H groups in total. The maximum atomic E-state index is 9.85. The Bertz CT molecular complexity index is 1270. The van der Waals surface area contributed by atoms with Crippen LogP contribution in [0.5, 0.6) is 5.88 Å². The molecular weight excluding hydrogens is 452 g/mol. The van der Waals surface area contributed by atoms with Crippen LogP contribution in [-0.2, 0) is 0 Å². The predicted octanol–water partition coefficient (Wildman–Crippen LogP) is 5.17. The third-order valence-corrected chi connectivity index (χ3v) is 6.43. The Labute approximate surface area is 178 Å². The predicted molar refractivity (Wildman–Crippen MR) is 113 cm³/mol. The van der Waals surface area contributed by atoms with Gasteiger partial charge in [-0.25, -0.2) is 0 Å². The first kappa shape index (κ1) is 17.8. The van der Waals surface area contributed by atoms with E-state index in [4.69, 9.17) is 20.0 Å². The summed E-state index contributed by atoms with van der Waals surface area (Å²) >= 11 is 5.05. The fourth-order valence-corrected chi connectivity index (χ4v) is 5.00. The molecule has 0 unspecified atom stereocenters. The monoisotopic (exact) mass is 464 g/mol. The summed E-state index contributed by atoms with van der Waals surface area (Å²) in [5.41, 5.74) is 8.72.